The highest BCUT2D eigenvalue weighted by molar-refractivity contribution is 5.20. The maximum atomic E-state index is 5.95. The van der Waals surface area contributed by atoms with Crippen molar-refractivity contribution in [2.45, 2.75) is 65.7 Å². The Labute approximate surface area is 102 Å². The van der Waals surface area contributed by atoms with Crippen molar-refractivity contribution in [1.82, 2.24) is 0 Å². The highest BCUT2D eigenvalue weighted by atomic mass is 14.6. The number of hydrogen-bond donors (Lipinski definition) is 1. The highest BCUT2D eigenvalue weighted by Gasteiger charge is 2.09. The van der Waals surface area contributed by atoms with Crippen LogP contribution in [0.25, 0.3) is 0 Å². The average Bonchev–Trinajstić information content (AvgIpc) is 2.32. The fourth-order valence-electron chi connectivity index (χ4n) is 2.09. The van der Waals surface area contributed by atoms with Crippen LogP contribution in [0.4, 0.5) is 0 Å². The van der Waals surface area contributed by atoms with Gasteiger partial charge in [-0.1, -0.05) is 59.5 Å². The Bertz CT molecular complexity index is 215. The van der Waals surface area contributed by atoms with Crippen LogP contribution >= 0.6 is 0 Å². The molecule has 1 atom stereocenters. The summed E-state index contributed by atoms with van der Waals surface area (Å²) in [5.41, 5.74) is 8.23. The second-order valence-electron chi connectivity index (χ2n) is 4.59. The van der Waals surface area contributed by atoms with Gasteiger partial charge in [-0.25, -0.2) is 0 Å². The Morgan fingerprint density at radius 3 is 2.38 bits per heavy atom. The Hall–Kier alpha value is -0.720. The lowest BCUT2D eigenvalue weighted by molar-refractivity contribution is 0.437. The molecule has 16 heavy (non-hydrogen) atoms. The SMILES string of the molecule is C=C/C(N)=C(\CC)CC(CC)CCCCC. The molecule has 0 saturated carbocycles. The molecular weight excluding hydrogens is 194 g/mol. The van der Waals surface area contributed by atoms with Gasteiger partial charge < -0.3 is 5.73 Å². The van der Waals surface area contributed by atoms with Gasteiger partial charge in [0.2, 0.25) is 0 Å². The average molecular weight is 223 g/mol. The first-order valence-electron chi connectivity index (χ1n) is 6.79. The molecule has 0 aromatic heterocycles. The summed E-state index contributed by atoms with van der Waals surface area (Å²) in [4.78, 5) is 0. The summed E-state index contributed by atoms with van der Waals surface area (Å²) in [6.45, 7) is 10.5. The number of nitrogens with two attached hydrogens (primary N) is 1. The lowest BCUT2D eigenvalue weighted by Gasteiger charge is -2.17. The predicted molar refractivity (Wildman–Crippen MR) is 74.2 cm³/mol. The maximum Gasteiger partial charge on any atom is 0.0299 e. The van der Waals surface area contributed by atoms with Crippen LogP contribution in [-0.4, -0.2) is 0 Å². The normalized spacial score (nSPS) is 14.4. The third-order valence-electron chi connectivity index (χ3n) is 3.38. The largest absolute Gasteiger partial charge is 0.399 e. The molecule has 0 spiro atoms. The van der Waals surface area contributed by atoms with Crippen LogP contribution in [0.2, 0.25) is 0 Å². The summed E-state index contributed by atoms with van der Waals surface area (Å²) in [7, 11) is 0. The fraction of sp³-hybridized carbons (Fsp3) is 0.733. The van der Waals surface area contributed by atoms with Crippen molar-refractivity contribution in [3.05, 3.63) is 23.9 Å². The van der Waals surface area contributed by atoms with Gasteiger partial charge in [-0.2, -0.15) is 0 Å². The minimum atomic E-state index is 0.806. The number of rotatable bonds is 9. The molecule has 0 fully saturated rings. The van der Waals surface area contributed by atoms with Gasteiger partial charge in [0, 0.05) is 5.70 Å². The van der Waals surface area contributed by atoms with E-state index in [1.807, 2.05) is 0 Å². The molecule has 0 heterocycles. The van der Waals surface area contributed by atoms with Crippen molar-refractivity contribution in [3.8, 4) is 0 Å². The lowest BCUT2D eigenvalue weighted by atomic mass is 9.90. The molecular formula is C15H29N. The van der Waals surface area contributed by atoms with E-state index >= 15 is 0 Å². The second-order valence-corrected chi connectivity index (χ2v) is 4.59. The van der Waals surface area contributed by atoms with E-state index in [9.17, 15) is 0 Å². The molecule has 0 saturated heterocycles. The van der Waals surface area contributed by atoms with Gasteiger partial charge in [0.15, 0.2) is 0 Å². The van der Waals surface area contributed by atoms with Crippen molar-refractivity contribution in [2.75, 3.05) is 0 Å². The van der Waals surface area contributed by atoms with E-state index in [0.29, 0.717) is 0 Å². The van der Waals surface area contributed by atoms with Crippen molar-refractivity contribution in [1.29, 1.82) is 0 Å². The third-order valence-corrected chi connectivity index (χ3v) is 3.38. The van der Waals surface area contributed by atoms with E-state index < -0.39 is 0 Å². The van der Waals surface area contributed by atoms with E-state index in [2.05, 4.69) is 27.4 Å². The van der Waals surface area contributed by atoms with E-state index in [4.69, 9.17) is 5.73 Å². The van der Waals surface area contributed by atoms with E-state index in [-0.39, 0.29) is 0 Å². The monoisotopic (exact) mass is 223 g/mol. The minimum absolute atomic E-state index is 0.806. The standard InChI is InChI=1S/C15H29N/c1-5-9-10-11-13(6-2)12-14(7-3)15(16)8-4/h8,13H,4-7,9-12,16H2,1-3H3/b15-14-. The first kappa shape index (κ1) is 15.3. The highest BCUT2D eigenvalue weighted by Crippen LogP contribution is 2.24. The van der Waals surface area contributed by atoms with Crippen molar-refractivity contribution >= 4 is 0 Å². The van der Waals surface area contributed by atoms with Gasteiger partial charge in [0.05, 0.1) is 0 Å². The Morgan fingerprint density at radius 2 is 1.94 bits per heavy atom. The number of hydrogen-bond acceptors (Lipinski definition) is 1. The predicted octanol–water partition coefficient (Wildman–Crippen LogP) is 4.79. The summed E-state index contributed by atoms with van der Waals surface area (Å²) in [6.07, 6.45) is 10.6. The van der Waals surface area contributed by atoms with E-state index in [0.717, 1.165) is 24.5 Å². The van der Waals surface area contributed by atoms with Crippen molar-refractivity contribution in [3.63, 3.8) is 0 Å². The molecule has 0 bridgehead atoms. The summed E-state index contributed by atoms with van der Waals surface area (Å²) in [5.74, 6) is 0.806. The zero-order valence-electron chi connectivity index (χ0n) is 11.4. The quantitative estimate of drug-likeness (QED) is 0.441. The van der Waals surface area contributed by atoms with Crippen LogP contribution in [0.1, 0.15) is 65.7 Å². The molecule has 0 rings (SSSR count). The smallest absolute Gasteiger partial charge is 0.0299 e. The fourth-order valence-corrected chi connectivity index (χ4v) is 2.09. The van der Waals surface area contributed by atoms with Crippen LogP contribution in [0.5, 0.6) is 0 Å². The molecule has 0 aliphatic carbocycles. The first-order chi connectivity index (χ1) is 7.69. The van der Waals surface area contributed by atoms with E-state index in [1.165, 1.54) is 37.7 Å². The maximum absolute atomic E-state index is 5.95. The Kier molecular flexibility index (Phi) is 9.07. The Morgan fingerprint density at radius 1 is 1.25 bits per heavy atom. The van der Waals surface area contributed by atoms with Crippen LogP contribution in [0.3, 0.4) is 0 Å². The van der Waals surface area contributed by atoms with Crippen LogP contribution in [-0.2, 0) is 0 Å². The molecule has 0 radical (unpaired) electrons. The molecule has 1 nitrogen and oxygen atoms in total. The van der Waals surface area contributed by atoms with Crippen molar-refractivity contribution < 1.29 is 0 Å². The lowest BCUT2D eigenvalue weighted by Crippen LogP contribution is -2.06. The second kappa shape index (κ2) is 9.50. The molecule has 0 aliphatic rings. The van der Waals surface area contributed by atoms with Gasteiger partial charge in [-0.05, 0) is 30.4 Å². The molecule has 1 unspecified atom stereocenters. The molecule has 0 aromatic rings. The van der Waals surface area contributed by atoms with E-state index in [1.54, 1.807) is 6.08 Å². The number of allylic oxidation sites excluding steroid dienone is 2. The Balaban J connectivity index is 4.22. The zero-order valence-corrected chi connectivity index (χ0v) is 11.4. The third kappa shape index (κ3) is 5.99. The summed E-state index contributed by atoms with van der Waals surface area (Å²) < 4.78 is 0. The molecule has 1 heteroatoms. The topological polar surface area (TPSA) is 26.0 Å². The molecule has 2 N–H and O–H groups in total. The van der Waals surface area contributed by atoms with Gasteiger partial charge in [0.25, 0.3) is 0 Å². The zero-order chi connectivity index (χ0) is 12.4. The number of unbranched alkanes of at least 4 members (excludes halogenated alkanes) is 2. The van der Waals surface area contributed by atoms with Crippen LogP contribution in [0, 0.1) is 5.92 Å². The van der Waals surface area contributed by atoms with Crippen LogP contribution in [0.15, 0.2) is 23.9 Å². The van der Waals surface area contributed by atoms with Crippen molar-refractivity contribution in [2.24, 2.45) is 11.7 Å². The van der Waals surface area contributed by atoms with Gasteiger partial charge >= 0.3 is 0 Å². The summed E-state index contributed by atoms with van der Waals surface area (Å²) in [5, 5.41) is 0. The molecule has 0 aromatic carbocycles. The summed E-state index contributed by atoms with van der Waals surface area (Å²) >= 11 is 0. The van der Waals surface area contributed by atoms with Gasteiger partial charge in [-0.15, -0.1) is 0 Å². The summed E-state index contributed by atoms with van der Waals surface area (Å²) in [6, 6.07) is 0. The molecule has 94 valence electrons. The van der Waals surface area contributed by atoms with Crippen LogP contribution < -0.4 is 5.73 Å². The minimum Gasteiger partial charge on any atom is -0.399 e. The van der Waals surface area contributed by atoms with Gasteiger partial charge in [-0.3, -0.25) is 0 Å². The first-order valence-corrected chi connectivity index (χ1v) is 6.79. The van der Waals surface area contributed by atoms with Gasteiger partial charge in [0.1, 0.15) is 0 Å². The molecule has 0 aliphatic heterocycles. The molecule has 0 amide bonds.